The van der Waals surface area contributed by atoms with Crippen molar-refractivity contribution in [3.8, 4) is 0 Å². The van der Waals surface area contributed by atoms with E-state index in [9.17, 15) is 26.7 Å². The van der Waals surface area contributed by atoms with Crippen LogP contribution in [0.4, 0.5) is 22.0 Å². The minimum absolute atomic E-state index is 0.0859. The molecule has 0 aliphatic carbocycles. The van der Waals surface area contributed by atoms with E-state index in [0.29, 0.717) is 18.2 Å². The van der Waals surface area contributed by atoms with Gasteiger partial charge < -0.3 is 10.5 Å². The average Bonchev–Trinajstić information content (AvgIpc) is 2.60. The highest BCUT2D eigenvalue weighted by Gasteiger charge is 2.32. The number of halogens is 5. The molecule has 2 N–H and O–H groups in total. The number of rotatable bonds is 4. The van der Waals surface area contributed by atoms with Gasteiger partial charge in [0.2, 0.25) is 0 Å². The number of morpholine rings is 1. The number of carbonyl (C=O) groups excluding carboxylic acids is 1. The van der Waals surface area contributed by atoms with Crippen molar-refractivity contribution >= 4 is 5.91 Å². The molecular weight excluding hydrogens is 383 g/mol. The first-order valence-electron chi connectivity index (χ1n) is 8.43. The van der Waals surface area contributed by atoms with Crippen molar-refractivity contribution in [3.63, 3.8) is 0 Å². The third kappa shape index (κ3) is 4.66. The third-order valence-corrected chi connectivity index (χ3v) is 4.47. The Morgan fingerprint density at radius 1 is 1.18 bits per heavy atom. The van der Waals surface area contributed by atoms with Gasteiger partial charge in [-0.25, -0.2) is 8.78 Å². The second-order valence-electron chi connectivity index (χ2n) is 6.54. The number of hydrogen-bond acceptors (Lipinski definition) is 3. The first-order valence-corrected chi connectivity index (χ1v) is 8.43. The first-order chi connectivity index (χ1) is 13.1. The minimum atomic E-state index is -4.63. The largest absolute Gasteiger partial charge is 0.416 e. The lowest BCUT2D eigenvalue weighted by molar-refractivity contribution is -0.137. The van der Waals surface area contributed by atoms with E-state index in [2.05, 4.69) is 0 Å². The van der Waals surface area contributed by atoms with Crippen molar-refractivity contribution in [1.29, 1.82) is 0 Å². The van der Waals surface area contributed by atoms with Crippen LogP contribution >= 0.6 is 0 Å². The highest BCUT2D eigenvalue weighted by molar-refractivity contribution is 5.93. The van der Waals surface area contributed by atoms with Gasteiger partial charge in [0.1, 0.15) is 11.6 Å². The van der Waals surface area contributed by atoms with E-state index in [1.54, 1.807) is 4.90 Å². The summed E-state index contributed by atoms with van der Waals surface area (Å²) in [5.74, 6) is -2.62. The first kappa shape index (κ1) is 20.2. The third-order valence-electron chi connectivity index (χ3n) is 4.47. The molecule has 1 aliphatic rings. The molecule has 1 atom stereocenters. The minimum Gasteiger partial charge on any atom is -0.371 e. The van der Waals surface area contributed by atoms with Crippen molar-refractivity contribution in [2.24, 2.45) is 5.73 Å². The number of hydrogen-bond donors (Lipinski definition) is 1. The van der Waals surface area contributed by atoms with E-state index in [1.165, 1.54) is 12.1 Å². The SMILES string of the molecule is NC(=O)c1ccc([C@@H]2CN(Cc3cc(F)cc(C(F)(F)F)c3)CCO2)cc1F. The number of benzene rings is 2. The van der Waals surface area contributed by atoms with Crippen LogP contribution in [0.25, 0.3) is 0 Å². The van der Waals surface area contributed by atoms with Crippen LogP contribution in [0, 0.1) is 11.6 Å². The monoisotopic (exact) mass is 400 g/mol. The number of amides is 1. The van der Waals surface area contributed by atoms with Gasteiger partial charge in [0.15, 0.2) is 0 Å². The average molecular weight is 400 g/mol. The van der Waals surface area contributed by atoms with Gasteiger partial charge in [0.05, 0.1) is 23.8 Å². The lowest BCUT2D eigenvalue weighted by Gasteiger charge is -2.33. The van der Waals surface area contributed by atoms with Crippen LogP contribution in [0.5, 0.6) is 0 Å². The zero-order chi connectivity index (χ0) is 20.5. The van der Waals surface area contributed by atoms with Gasteiger partial charge in [-0.3, -0.25) is 9.69 Å². The zero-order valence-corrected chi connectivity index (χ0v) is 14.6. The molecule has 0 spiro atoms. The van der Waals surface area contributed by atoms with E-state index in [-0.39, 0.29) is 30.8 Å². The Morgan fingerprint density at radius 2 is 1.93 bits per heavy atom. The van der Waals surface area contributed by atoms with Crippen molar-refractivity contribution in [2.45, 2.75) is 18.8 Å². The summed E-state index contributed by atoms with van der Waals surface area (Å²) in [6.07, 6.45) is -5.18. The summed E-state index contributed by atoms with van der Waals surface area (Å²) in [4.78, 5) is 12.9. The molecule has 1 amide bonds. The lowest BCUT2D eigenvalue weighted by Crippen LogP contribution is -2.38. The number of alkyl halides is 3. The Kier molecular flexibility index (Phi) is 5.66. The van der Waals surface area contributed by atoms with Crippen LogP contribution in [0.2, 0.25) is 0 Å². The number of primary amides is 1. The summed E-state index contributed by atoms with van der Waals surface area (Å²) in [7, 11) is 0. The molecule has 1 fully saturated rings. The van der Waals surface area contributed by atoms with Crippen LogP contribution in [-0.4, -0.2) is 30.5 Å². The van der Waals surface area contributed by atoms with Gasteiger partial charge >= 0.3 is 6.18 Å². The van der Waals surface area contributed by atoms with Gasteiger partial charge in [-0.05, 0) is 41.5 Å². The van der Waals surface area contributed by atoms with Crippen LogP contribution in [0.3, 0.4) is 0 Å². The van der Waals surface area contributed by atoms with E-state index in [0.717, 1.165) is 18.2 Å². The number of ether oxygens (including phenoxy) is 1. The summed E-state index contributed by atoms with van der Waals surface area (Å²) >= 11 is 0. The van der Waals surface area contributed by atoms with E-state index < -0.39 is 35.4 Å². The van der Waals surface area contributed by atoms with Gasteiger partial charge in [0.25, 0.3) is 5.91 Å². The molecule has 9 heteroatoms. The van der Waals surface area contributed by atoms with Crippen LogP contribution in [0.15, 0.2) is 36.4 Å². The fourth-order valence-corrected chi connectivity index (χ4v) is 3.14. The van der Waals surface area contributed by atoms with Crippen LogP contribution in [-0.2, 0) is 17.5 Å². The molecule has 0 saturated carbocycles. The molecule has 0 unspecified atom stereocenters. The van der Waals surface area contributed by atoms with E-state index >= 15 is 0 Å². The molecule has 0 bridgehead atoms. The van der Waals surface area contributed by atoms with Crippen LogP contribution < -0.4 is 5.73 Å². The molecule has 1 aliphatic heterocycles. The highest BCUT2D eigenvalue weighted by Crippen LogP contribution is 2.31. The molecular formula is C19H17F5N2O2. The molecule has 150 valence electrons. The zero-order valence-electron chi connectivity index (χ0n) is 14.6. The highest BCUT2D eigenvalue weighted by atomic mass is 19.4. The maximum absolute atomic E-state index is 14.0. The van der Waals surface area contributed by atoms with Crippen molar-refractivity contribution in [2.75, 3.05) is 19.7 Å². The molecule has 2 aromatic carbocycles. The number of nitrogens with zero attached hydrogens (tertiary/aromatic N) is 1. The summed E-state index contributed by atoms with van der Waals surface area (Å²) in [5, 5.41) is 0. The fourth-order valence-electron chi connectivity index (χ4n) is 3.14. The second kappa shape index (κ2) is 7.84. The standard InChI is InChI=1S/C19H17F5N2O2/c20-14-6-11(5-13(8-14)19(22,23)24)9-26-3-4-28-17(10-26)12-1-2-15(18(25)27)16(21)7-12/h1-2,5-8,17H,3-4,9-10H2,(H2,25,27)/t17-/m0/s1. The van der Waals surface area contributed by atoms with E-state index in [1.807, 2.05) is 0 Å². The maximum atomic E-state index is 14.0. The smallest absolute Gasteiger partial charge is 0.371 e. The maximum Gasteiger partial charge on any atom is 0.416 e. The molecule has 0 aromatic heterocycles. The number of nitrogens with two attached hydrogens (primary N) is 1. The molecule has 3 rings (SSSR count). The predicted octanol–water partition coefficient (Wildman–Crippen LogP) is 3.66. The normalized spacial score (nSPS) is 18.2. The molecule has 4 nitrogen and oxygen atoms in total. The fraction of sp³-hybridized carbons (Fsp3) is 0.316. The van der Waals surface area contributed by atoms with Gasteiger partial charge in [-0.15, -0.1) is 0 Å². The summed E-state index contributed by atoms with van der Waals surface area (Å²) in [6, 6.07) is 6.35. The quantitative estimate of drug-likeness (QED) is 0.798. The molecule has 1 heterocycles. The molecule has 0 radical (unpaired) electrons. The van der Waals surface area contributed by atoms with Crippen molar-refractivity contribution in [3.05, 3.63) is 70.3 Å². The van der Waals surface area contributed by atoms with Gasteiger partial charge in [-0.2, -0.15) is 13.2 Å². The Hall–Kier alpha value is -2.52. The van der Waals surface area contributed by atoms with Gasteiger partial charge in [-0.1, -0.05) is 6.07 Å². The summed E-state index contributed by atoms with van der Waals surface area (Å²) in [5.41, 5.74) is 4.45. The Bertz CT molecular complexity index is 885. The summed E-state index contributed by atoms with van der Waals surface area (Å²) in [6.45, 7) is 1.05. The predicted molar refractivity (Wildman–Crippen MR) is 90.3 cm³/mol. The Balaban J connectivity index is 1.75. The van der Waals surface area contributed by atoms with Gasteiger partial charge in [0, 0.05) is 19.6 Å². The van der Waals surface area contributed by atoms with Crippen molar-refractivity contribution in [1.82, 2.24) is 4.90 Å². The lowest BCUT2D eigenvalue weighted by atomic mass is 10.0. The van der Waals surface area contributed by atoms with E-state index in [4.69, 9.17) is 10.5 Å². The van der Waals surface area contributed by atoms with Crippen LogP contribution in [0.1, 0.15) is 33.2 Å². The second-order valence-corrected chi connectivity index (χ2v) is 6.54. The Morgan fingerprint density at radius 3 is 2.57 bits per heavy atom. The molecule has 1 saturated heterocycles. The summed E-state index contributed by atoms with van der Waals surface area (Å²) < 4.78 is 71.8. The molecule has 28 heavy (non-hydrogen) atoms. The Labute approximate surface area is 157 Å². The topological polar surface area (TPSA) is 55.6 Å². The van der Waals surface area contributed by atoms with Crippen molar-refractivity contribution < 1.29 is 31.5 Å². The molecule has 2 aromatic rings. The number of carbonyl (C=O) groups is 1.